The molecule has 3 aromatic rings. The maximum atomic E-state index is 6.14. The first-order chi connectivity index (χ1) is 14.3. The molecule has 150 valence electrons. The van der Waals surface area contributed by atoms with Crippen LogP contribution in [-0.4, -0.2) is 19.6 Å². The van der Waals surface area contributed by atoms with Gasteiger partial charge in [-0.1, -0.05) is 72.3 Å². The first kappa shape index (κ1) is 20.0. The Morgan fingerprint density at radius 3 is 2.07 bits per heavy atom. The average Bonchev–Trinajstić information content (AvgIpc) is 3.21. The lowest BCUT2D eigenvalue weighted by molar-refractivity contribution is 0.391. The highest BCUT2D eigenvalue weighted by Gasteiger charge is 2.28. The minimum Gasteiger partial charge on any atom is -0.367 e. The van der Waals surface area contributed by atoms with Crippen LogP contribution in [0.1, 0.15) is 17.5 Å². The van der Waals surface area contributed by atoms with Gasteiger partial charge in [0.15, 0.2) is 0 Å². The number of hydrogen-bond donors (Lipinski definition) is 1. The molecule has 0 radical (unpaired) electrons. The lowest BCUT2D eigenvalue weighted by Crippen LogP contribution is -2.32. The number of anilines is 1. The van der Waals surface area contributed by atoms with Gasteiger partial charge >= 0.3 is 0 Å². The topological polar surface area (TPSA) is 15.3 Å². The second-order valence-corrected chi connectivity index (χ2v) is 8.48. The second kappa shape index (κ2) is 9.96. The molecular weight excluding hydrogens is 376 g/mol. The predicted octanol–water partition coefficient (Wildman–Crippen LogP) is 5.82. The van der Waals surface area contributed by atoms with E-state index in [1.165, 1.54) is 23.2 Å². The van der Waals surface area contributed by atoms with E-state index in [0.29, 0.717) is 11.8 Å². The summed E-state index contributed by atoms with van der Waals surface area (Å²) in [5, 5.41) is 4.43. The maximum absolute atomic E-state index is 6.14. The van der Waals surface area contributed by atoms with E-state index in [4.69, 9.17) is 11.6 Å². The number of halogens is 1. The zero-order valence-corrected chi connectivity index (χ0v) is 17.6. The first-order valence-electron chi connectivity index (χ1n) is 10.6. The van der Waals surface area contributed by atoms with E-state index >= 15 is 0 Å². The van der Waals surface area contributed by atoms with Gasteiger partial charge in [0, 0.05) is 23.8 Å². The molecule has 1 heterocycles. The Balaban J connectivity index is 1.46. The van der Waals surface area contributed by atoms with Crippen LogP contribution in [0, 0.1) is 11.8 Å². The molecule has 0 aliphatic carbocycles. The predicted molar refractivity (Wildman–Crippen MR) is 124 cm³/mol. The molecule has 3 aromatic carbocycles. The largest absolute Gasteiger partial charge is 0.367 e. The summed E-state index contributed by atoms with van der Waals surface area (Å²) in [6, 6.07) is 29.9. The highest BCUT2D eigenvalue weighted by Crippen LogP contribution is 2.27. The van der Waals surface area contributed by atoms with Gasteiger partial charge in [0.05, 0.1) is 0 Å². The van der Waals surface area contributed by atoms with Crippen LogP contribution in [0.3, 0.4) is 0 Å². The van der Waals surface area contributed by atoms with Crippen LogP contribution in [0.4, 0.5) is 5.69 Å². The van der Waals surface area contributed by atoms with Crippen molar-refractivity contribution in [1.29, 1.82) is 0 Å². The van der Waals surface area contributed by atoms with E-state index < -0.39 is 0 Å². The van der Waals surface area contributed by atoms with Gasteiger partial charge in [-0.05, 0) is 73.2 Å². The van der Waals surface area contributed by atoms with E-state index in [-0.39, 0.29) is 0 Å². The van der Waals surface area contributed by atoms with Gasteiger partial charge < -0.3 is 10.2 Å². The van der Waals surface area contributed by atoms with Gasteiger partial charge in [-0.3, -0.25) is 0 Å². The summed E-state index contributed by atoms with van der Waals surface area (Å²) in [6.07, 6.45) is 2.39. The Morgan fingerprint density at radius 1 is 0.759 bits per heavy atom. The highest BCUT2D eigenvalue weighted by atomic mass is 35.5. The Hall–Kier alpha value is -2.29. The second-order valence-electron chi connectivity index (χ2n) is 8.05. The SMILES string of the molecule is Clc1ccc(N(Cc2ccccc2)C[C@H]2CNC[C@@H]2CCc2ccccc2)cc1. The first-order valence-corrected chi connectivity index (χ1v) is 10.9. The molecule has 0 spiro atoms. The third kappa shape index (κ3) is 5.62. The molecule has 3 heteroatoms. The van der Waals surface area contributed by atoms with Crippen LogP contribution in [-0.2, 0) is 13.0 Å². The van der Waals surface area contributed by atoms with Crippen molar-refractivity contribution in [3.8, 4) is 0 Å². The van der Waals surface area contributed by atoms with Gasteiger partial charge in [0.2, 0.25) is 0 Å². The van der Waals surface area contributed by atoms with E-state index in [9.17, 15) is 0 Å². The number of aryl methyl sites for hydroxylation is 1. The molecule has 1 aliphatic rings. The molecular formula is C26H29ClN2. The van der Waals surface area contributed by atoms with Crippen molar-refractivity contribution in [1.82, 2.24) is 5.32 Å². The van der Waals surface area contributed by atoms with E-state index in [2.05, 4.69) is 83.0 Å². The standard InChI is InChI=1S/C26H29ClN2/c27-25-13-15-26(16-14-25)29(19-22-9-5-2-6-10-22)20-24-18-28-17-23(24)12-11-21-7-3-1-4-8-21/h1-10,13-16,23-24,28H,11-12,17-20H2/t23-,24+/m0/s1. The molecule has 29 heavy (non-hydrogen) atoms. The zero-order valence-electron chi connectivity index (χ0n) is 16.8. The van der Waals surface area contributed by atoms with Crippen molar-refractivity contribution in [2.75, 3.05) is 24.5 Å². The molecule has 4 rings (SSSR count). The van der Waals surface area contributed by atoms with Crippen molar-refractivity contribution in [2.45, 2.75) is 19.4 Å². The summed E-state index contributed by atoms with van der Waals surface area (Å²) in [5.41, 5.74) is 4.03. The van der Waals surface area contributed by atoms with Gasteiger partial charge in [0.25, 0.3) is 0 Å². The molecule has 2 nitrogen and oxygen atoms in total. The molecule has 1 saturated heterocycles. The number of nitrogens with one attached hydrogen (secondary N) is 1. The summed E-state index contributed by atoms with van der Waals surface area (Å²) < 4.78 is 0. The van der Waals surface area contributed by atoms with E-state index in [0.717, 1.165) is 37.6 Å². The van der Waals surface area contributed by atoms with Crippen LogP contribution in [0.5, 0.6) is 0 Å². The van der Waals surface area contributed by atoms with Crippen molar-refractivity contribution in [3.63, 3.8) is 0 Å². The van der Waals surface area contributed by atoms with E-state index in [1.807, 2.05) is 12.1 Å². The van der Waals surface area contributed by atoms with Crippen LogP contribution in [0.15, 0.2) is 84.9 Å². The molecule has 0 aromatic heterocycles. The van der Waals surface area contributed by atoms with Crippen LogP contribution >= 0.6 is 11.6 Å². The maximum Gasteiger partial charge on any atom is 0.0429 e. The van der Waals surface area contributed by atoms with E-state index in [1.54, 1.807) is 0 Å². The Kier molecular flexibility index (Phi) is 6.87. The van der Waals surface area contributed by atoms with Crippen molar-refractivity contribution >= 4 is 17.3 Å². The summed E-state index contributed by atoms with van der Waals surface area (Å²) in [7, 11) is 0. The van der Waals surface area contributed by atoms with Crippen molar-refractivity contribution in [2.24, 2.45) is 11.8 Å². The van der Waals surface area contributed by atoms with Gasteiger partial charge in [0.1, 0.15) is 0 Å². The third-order valence-electron chi connectivity index (χ3n) is 5.99. The smallest absolute Gasteiger partial charge is 0.0429 e. The fraction of sp³-hybridized carbons (Fsp3) is 0.308. The molecule has 0 amide bonds. The van der Waals surface area contributed by atoms with Crippen LogP contribution in [0.2, 0.25) is 5.02 Å². The quantitative estimate of drug-likeness (QED) is 0.509. The molecule has 0 saturated carbocycles. The summed E-state index contributed by atoms with van der Waals surface area (Å²) in [5.74, 6) is 1.36. The monoisotopic (exact) mass is 404 g/mol. The fourth-order valence-corrected chi connectivity index (χ4v) is 4.46. The Morgan fingerprint density at radius 2 is 1.38 bits per heavy atom. The molecule has 2 atom stereocenters. The minimum atomic E-state index is 0.651. The highest BCUT2D eigenvalue weighted by molar-refractivity contribution is 6.30. The average molecular weight is 405 g/mol. The van der Waals surface area contributed by atoms with Crippen molar-refractivity contribution < 1.29 is 0 Å². The number of hydrogen-bond acceptors (Lipinski definition) is 2. The lowest BCUT2D eigenvalue weighted by Gasteiger charge is -2.30. The summed E-state index contributed by atoms with van der Waals surface area (Å²) >= 11 is 6.14. The van der Waals surface area contributed by atoms with Crippen LogP contribution in [0.25, 0.3) is 0 Å². The fourth-order valence-electron chi connectivity index (χ4n) is 4.34. The van der Waals surface area contributed by atoms with Crippen molar-refractivity contribution in [3.05, 3.63) is 101 Å². The van der Waals surface area contributed by atoms with Crippen LogP contribution < -0.4 is 10.2 Å². The summed E-state index contributed by atoms with van der Waals surface area (Å²) in [6.45, 7) is 4.20. The summed E-state index contributed by atoms with van der Waals surface area (Å²) in [4.78, 5) is 2.51. The molecule has 1 fully saturated rings. The molecule has 0 bridgehead atoms. The molecule has 1 aliphatic heterocycles. The number of nitrogens with zero attached hydrogens (tertiary/aromatic N) is 1. The lowest BCUT2D eigenvalue weighted by atomic mass is 9.89. The molecule has 1 N–H and O–H groups in total. The Labute approximate surface area is 179 Å². The number of benzene rings is 3. The normalized spacial score (nSPS) is 18.7. The Bertz CT molecular complexity index is 864. The number of rotatable bonds is 8. The van der Waals surface area contributed by atoms with Gasteiger partial charge in [-0.25, -0.2) is 0 Å². The third-order valence-corrected chi connectivity index (χ3v) is 6.24. The minimum absolute atomic E-state index is 0.651. The zero-order chi connectivity index (χ0) is 19.9. The van der Waals surface area contributed by atoms with Gasteiger partial charge in [-0.15, -0.1) is 0 Å². The van der Waals surface area contributed by atoms with Gasteiger partial charge in [-0.2, -0.15) is 0 Å². The molecule has 0 unspecified atom stereocenters.